The monoisotopic (exact) mass is 359 g/mol. The van der Waals surface area contributed by atoms with Crippen LogP contribution in [0, 0.1) is 17.1 Å². The van der Waals surface area contributed by atoms with Gasteiger partial charge < -0.3 is 4.74 Å². The van der Waals surface area contributed by atoms with E-state index in [9.17, 15) is 17.6 Å². The molecule has 0 unspecified atom stereocenters. The van der Waals surface area contributed by atoms with Crippen molar-refractivity contribution >= 4 is 15.9 Å². The van der Waals surface area contributed by atoms with E-state index in [-0.39, 0.29) is 17.1 Å². The van der Waals surface area contributed by atoms with Crippen molar-refractivity contribution in [2.75, 3.05) is 0 Å². The van der Waals surface area contributed by atoms with Gasteiger partial charge in [0.1, 0.15) is 23.4 Å². The zero-order valence-electron chi connectivity index (χ0n) is 10.2. The standard InChI is InChI=1S/C14H6BrF4NO/c15-9-1-4-13(8(5-9)7-20)21-10-2-3-12(16)11(6-10)14(17,18)19/h1-6H. The van der Waals surface area contributed by atoms with Crippen LogP contribution in [-0.2, 0) is 6.18 Å². The predicted octanol–water partition coefficient (Wildman–Crippen LogP) is 5.27. The third-order valence-corrected chi connectivity index (χ3v) is 3.03. The summed E-state index contributed by atoms with van der Waals surface area (Å²) < 4.78 is 56.9. The highest BCUT2D eigenvalue weighted by Crippen LogP contribution is 2.35. The molecule has 2 aromatic rings. The number of hydrogen-bond acceptors (Lipinski definition) is 2. The van der Waals surface area contributed by atoms with Crippen LogP contribution in [0.3, 0.4) is 0 Å². The number of benzene rings is 2. The first-order chi connectivity index (χ1) is 9.81. The number of nitrogens with zero attached hydrogens (tertiary/aromatic N) is 1. The maximum Gasteiger partial charge on any atom is 0.419 e. The SMILES string of the molecule is N#Cc1cc(Br)ccc1Oc1ccc(F)c(C(F)(F)F)c1. The molecule has 0 aliphatic rings. The molecule has 0 saturated carbocycles. The molecular formula is C14H6BrF4NO. The minimum Gasteiger partial charge on any atom is -0.456 e. The van der Waals surface area contributed by atoms with Gasteiger partial charge in [-0.05, 0) is 36.4 Å². The molecule has 0 radical (unpaired) electrons. The van der Waals surface area contributed by atoms with Gasteiger partial charge in [0.05, 0.1) is 11.1 Å². The van der Waals surface area contributed by atoms with Crippen LogP contribution in [0.2, 0.25) is 0 Å². The van der Waals surface area contributed by atoms with Gasteiger partial charge in [-0.25, -0.2) is 4.39 Å². The average Bonchev–Trinajstić information content (AvgIpc) is 2.41. The van der Waals surface area contributed by atoms with Crippen LogP contribution in [0.1, 0.15) is 11.1 Å². The number of rotatable bonds is 2. The van der Waals surface area contributed by atoms with Gasteiger partial charge in [-0.1, -0.05) is 15.9 Å². The molecule has 0 spiro atoms. The number of halogens is 5. The minimum absolute atomic E-state index is 0.0837. The van der Waals surface area contributed by atoms with Gasteiger partial charge in [0, 0.05) is 4.47 Å². The van der Waals surface area contributed by atoms with Crippen molar-refractivity contribution in [1.82, 2.24) is 0 Å². The van der Waals surface area contributed by atoms with E-state index in [1.165, 1.54) is 12.1 Å². The van der Waals surface area contributed by atoms with Gasteiger partial charge in [-0.3, -0.25) is 0 Å². The molecule has 0 N–H and O–H groups in total. The molecule has 7 heteroatoms. The number of alkyl halides is 3. The van der Waals surface area contributed by atoms with Crippen molar-refractivity contribution in [2.24, 2.45) is 0 Å². The lowest BCUT2D eigenvalue weighted by atomic mass is 10.2. The summed E-state index contributed by atoms with van der Waals surface area (Å²) in [5, 5.41) is 8.96. The van der Waals surface area contributed by atoms with Gasteiger partial charge in [0.25, 0.3) is 0 Å². The molecule has 0 aliphatic carbocycles. The van der Waals surface area contributed by atoms with Crippen LogP contribution in [0.4, 0.5) is 17.6 Å². The number of nitriles is 1. The Bertz CT molecular complexity index is 722. The zero-order chi connectivity index (χ0) is 15.6. The molecule has 0 bridgehead atoms. The third kappa shape index (κ3) is 3.52. The van der Waals surface area contributed by atoms with Gasteiger partial charge in [-0.15, -0.1) is 0 Å². The second kappa shape index (κ2) is 5.74. The van der Waals surface area contributed by atoms with E-state index in [4.69, 9.17) is 10.00 Å². The lowest BCUT2D eigenvalue weighted by Crippen LogP contribution is -2.08. The van der Waals surface area contributed by atoms with Crippen molar-refractivity contribution in [3.63, 3.8) is 0 Å². The Labute approximate surface area is 125 Å². The molecule has 21 heavy (non-hydrogen) atoms. The summed E-state index contributed by atoms with van der Waals surface area (Å²) in [4.78, 5) is 0. The third-order valence-electron chi connectivity index (χ3n) is 2.53. The van der Waals surface area contributed by atoms with Gasteiger partial charge in [0.15, 0.2) is 0 Å². The second-order valence-electron chi connectivity index (χ2n) is 3.99. The van der Waals surface area contributed by atoms with Crippen LogP contribution in [0.5, 0.6) is 11.5 Å². The van der Waals surface area contributed by atoms with Crippen molar-refractivity contribution in [3.05, 3.63) is 57.8 Å². The topological polar surface area (TPSA) is 33.0 Å². The first kappa shape index (κ1) is 15.3. The Morgan fingerprint density at radius 3 is 2.43 bits per heavy atom. The Balaban J connectivity index is 2.40. The lowest BCUT2D eigenvalue weighted by Gasteiger charge is -2.12. The highest BCUT2D eigenvalue weighted by atomic mass is 79.9. The van der Waals surface area contributed by atoms with E-state index in [0.29, 0.717) is 16.6 Å². The summed E-state index contributed by atoms with van der Waals surface area (Å²) in [7, 11) is 0. The summed E-state index contributed by atoms with van der Waals surface area (Å²) in [5.74, 6) is -1.51. The molecule has 0 heterocycles. The molecule has 0 saturated heterocycles. The van der Waals surface area contributed by atoms with E-state index < -0.39 is 17.6 Å². The molecule has 0 fully saturated rings. The average molecular weight is 360 g/mol. The molecule has 108 valence electrons. The smallest absolute Gasteiger partial charge is 0.419 e. The Morgan fingerprint density at radius 2 is 1.81 bits per heavy atom. The fourth-order valence-corrected chi connectivity index (χ4v) is 1.95. The molecule has 0 aliphatic heterocycles. The van der Waals surface area contributed by atoms with Crippen molar-refractivity contribution in [2.45, 2.75) is 6.18 Å². The fraction of sp³-hybridized carbons (Fsp3) is 0.0714. The highest BCUT2D eigenvalue weighted by Gasteiger charge is 2.34. The van der Waals surface area contributed by atoms with Crippen LogP contribution in [0.25, 0.3) is 0 Å². The summed E-state index contributed by atoms with van der Waals surface area (Å²) in [6.45, 7) is 0. The van der Waals surface area contributed by atoms with Crippen molar-refractivity contribution in [3.8, 4) is 17.6 Å². The Hall–Kier alpha value is -2.07. The molecule has 2 nitrogen and oxygen atoms in total. The van der Waals surface area contributed by atoms with E-state index in [2.05, 4.69) is 15.9 Å². The molecule has 0 aromatic heterocycles. The predicted molar refractivity (Wildman–Crippen MR) is 70.3 cm³/mol. The maximum absolute atomic E-state index is 13.2. The van der Waals surface area contributed by atoms with Gasteiger partial charge >= 0.3 is 6.18 Å². The first-order valence-electron chi connectivity index (χ1n) is 5.55. The van der Waals surface area contributed by atoms with Gasteiger partial charge in [0.2, 0.25) is 0 Å². The molecule has 0 atom stereocenters. The number of ether oxygens (including phenoxy) is 1. The maximum atomic E-state index is 13.2. The summed E-state index contributed by atoms with van der Waals surface area (Å²) >= 11 is 3.16. The Morgan fingerprint density at radius 1 is 1.10 bits per heavy atom. The fourth-order valence-electron chi connectivity index (χ4n) is 1.59. The summed E-state index contributed by atoms with van der Waals surface area (Å²) in [6.07, 6.45) is -4.82. The van der Waals surface area contributed by atoms with E-state index in [1.54, 1.807) is 6.07 Å². The summed E-state index contributed by atoms with van der Waals surface area (Å²) in [5.41, 5.74) is -1.28. The number of hydrogen-bond donors (Lipinski definition) is 0. The molecule has 2 aromatic carbocycles. The molecule has 2 rings (SSSR count). The largest absolute Gasteiger partial charge is 0.456 e. The van der Waals surface area contributed by atoms with Crippen molar-refractivity contribution in [1.29, 1.82) is 5.26 Å². The van der Waals surface area contributed by atoms with Crippen LogP contribution < -0.4 is 4.74 Å². The van der Waals surface area contributed by atoms with E-state index >= 15 is 0 Å². The normalized spacial score (nSPS) is 11.0. The van der Waals surface area contributed by atoms with Crippen LogP contribution in [0.15, 0.2) is 40.9 Å². The van der Waals surface area contributed by atoms with Crippen LogP contribution in [-0.4, -0.2) is 0 Å². The Kier molecular flexibility index (Phi) is 4.19. The quantitative estimate of drug-likeness (QED) is 0.684. The second-order valence-corrected chi connectivity index (χ2v) is 4.91. The summed E-state index contributed by atoms with van der Waals surface area (Å²) in [6, 6.07) is 8.61. The molecule has 0 amide bonds. The first-order valence-corrected chi connectivity index (χ1v) is 6.35. The molecular weight excluding hydrogens is 354 g/mol. The minimum atomic E-state index is -4.82. The zero-order valence-corrected chi connectivity index (χ0v) is 11.8. The van der Waals surface area contributed by atoms with E-state index in [0.717, 1.165) is 6.07 Å². The van der Waals surface area contributed by atoms with Crippen LogP contribution >= 0.6 is 15.9 Å². The van der Waals surface area contributed by atoms with E-state index in [1.807, 2.05) is 6.07 Å². The highest BCUT2D eigenvalue weighted by molar-refractivity contribution is 9.10. The van der Waals surface area contributed by atoms with Gasteiger partial charge in [-0.2, -0.15) is 18.4 Å². The van der Waals surface area contributed by atoms with Crippen molar-refractivity contribution < 1.29 is 22.3 Å². The lowest BCUT2D eigenvalue weighted by molar-refractivity contribution is -0.140.